The lowest BCUT2D eigenvalue weighted by Gasteiger charge is -2.10. The number of nitrogens with zero attached hydrogens (tertiary/aromatic N) is 1. The molecule has 114 valence electrons. The van der Waals surface area contributed by atoms with Gasteiger partial charge in [-0.25, -0.2) is 4.39 Å². The Labute approximate surface area is 117 Å². The maximum atomic E-state index is 13.4. The zero-order chi connectivity index (χ0) is 16.2. The van der Waals surface area contributed by atoms with E-state index in [2.05, 4.69) is 5.32 Å². The molecule has 0 saturated heterocycles. The molecular formula is C12H12F2N2O5. The molecule has 21 heavy (non-hydrogen) atoms. The van der Waals surface area contributed by atoms with Crippen molar-refractivity contribution < 1.29 is 28.4 Å². The molecule has 0 fully saturated rings. The van der Waals surface area contributed by atoms with E-state index in [0.29, 0.717) is 12.1 Å². The lowest BCUT2D eigenvalue weighted by Crippen LogP contribution is -2.18. The Morgan fingerprint density at radius 1 is 1.33 bits per heavy atom. The number of nitrogens with one attached hydrogen (secondary N) is 1. The number of hydrogen-bond donors (Lipinski definition) is 2. The first-order valence-electron chi connectivity index (χ1n) is 5.85. The van der Waals surface area contributed by atoms with E-state index in [9.17, 15) is 28.5 Å². The predicted octanol–water partition coefficient (Wildman–Crippen LogP) is 2.31. The van der Waals surface area contributed by atoms with Gasteiger partial charge < -0.3 is 10.4 Å². The number of aliphatic carboxylic acids is 1. The van der Waals surface area contributed by atoms with Crippen LogP contribution in [0.25, 0.3) is 0 Å². The fourth-order valence-electron chi connectivity index (χ4n) is 1.66. The minimum Gasteiger partial charge on any atom is -0.481 e. The molecule has 0 aliphatic carbocycles. The van der Waals surface area contributed by atoms with Gasteiger partial charge in [-0.1, -0.05) is 6.92 Å². The molecule has 0 bridgehead atoms. The standard InChI is InChI=1S/C12H12F2N2O5/c1-6(3-12(18)19)2-11(17)15-9-5-10(16(20)21)8(14)4-7(9)13/h4-6H,2-3H2,1H3,(H,15,17)(H,18,19). The van der Waals surface area contributed by atoms with Crippen LogP contribution in [0.15, 0.2) is 12.1 Å². The summed E-state index contributed by atoms with van der Waals surface area (Å²) in [7, 11) is 0. The van der Waals surface area contributed by atoms with Crippen molar-refractivity contribution in [2.75, 3.05) is 5.32 Å². The number of hydrogen-bond acceptors (Lipinski definition) is 4. The summed E-state index contributed by atoms with van der Waals surface area (Å²) < 4.78 is 26.5. The molecule has 0 aromatic heterocycles. The first kappa shape index (κ1) is 16.5. The van der Waals surface area contributed by atoms with E-state index in [0.717, 1.165) is 0 Å². The molecule has 1 amide bonds. The molecule has 1 aromatic carbocycles. The topological polar surface area (TPSA) is 110 Å². The third-order valence-corrected chi connectivity index (χ3v) is 2.56. The minimum absolute atomic E-state index is 0.211. The van der Waals surface area contributed by atoms with Crippen LogP contribution in [0.4, 0.5) is 20.2 Å². The van der Waals surface area contributed by atoms with Crippen molar-refractivity contribution in [3.8, 4) is 0 Å². The summed E-state index contributed by atoms with van der Waals surface area (Å²) in [6.45, 7) is 1.51. The number of rotatable bonds is 6. The fourth-order valence-corrected chi connectivity index (χ4v) is 1.66. The van der Waals surface area contributed by atoms with E-state index in [1.54, 1.807) is 0 Å². The molecule has 9 heteroatoms. The van der Waals surface area contributed by atoms with E-state index in [1.165, 1.54) is 6.92 Å². The largest absolute Gasteiger partial charge is 0.481 e. The van der Waals surface area contributed by atoms with Gasteiger partial charge in [0.05, 0.1) is 10.6 Å². The summed E-state index contributed by atoms with van der Waals surface area (Å²) in [5, 5.41) is 21.1. The van der Waals surface area contributed by atoms with Gasteiger partial charge in [-0.15, -0.1) is 0 Å². The van der Waals surface area contributed by atoms with Gasteiger partial charge in [-0.05, 0) is 5.92 Å². The van der Waals surface area contributed by atoms with Crippen molar-refractivity contribution in [3.05, 3.63) is 33.9 Å². The highest BCUT2D eigenvalue weighted by atomic mass is 19.1. The number of nitro benzene ring substituents is 1. The number of carbonyl (C=O) groups is 2. The van der Waals surface area contributed by atoms with E-state index < -0.39 is 45.7 Å². The SMILES string of the molecule is CC(CC(=O)O)CC(=O)Nc1cc([N+](=O)[O-])c(F)cc1F. The Balaban J connectivity index is 2.83. The van der Waals surface area contributed by atoms with Crippen LogP contribution in [0.3, 0.4) is 0 Å². The number of amides is 1. The monoisotopic (exact) mass is 302 g/mol. The number of carboxylic acid groups (broad SMARTS) is 1. The van der Waals surface area contributed by atoms with Gasteiger partial charge in [-0.2, -0.15) is 4.39 Å². The van der Waals surface area contributed by atoms with Crippen LogP contribution in [0.2, 0.25) is 0 Å². The zero-order valence-corrected chi connectivity index (χ0v) is 10.9. The first-order valence-corrected chi connectivity index (χ1v) is 5.85. The lowest BCUT2D eigenvalue weighted by atomic mass is 10.0. The predicted molar refractivity (Wildman–Crippen MR) is 67.7 cm³/mol. The minimum atomic E-state index is -1.35. The summed E-state index contributed by atoms with van der Waals surface area (Å²) in [5.41, 5.74) is -1.50. The lowest BCUT2D eigenvalue weighted by molar-refractivity contribution is -0.387. The van der Waals surface area contributed by atoms with Gasteiger partial charge >= 0.3 is 11.7 Å². The molecule has 1 rings (SSSR count). The highest BCUT2D eigenvalue weighted by Crippen LogP contribution is 2.25. The van der Waals surface area contributed by atoms with Gasteiger partial charge in [-0.3, -0.25) is 19.7 Å². The molecule has 0 heterocycles. The van der Waals surface area contributed by atoms with Crippen LogP contribution in [-0.2, 0) is 9.59 Å². The first-order chi connectivity index (χ1) is 9.70. The Kier molecular flexibility index (Phi) is 5.28. The molecule has 0 aliphatic rings. The van der Waals surface area contributed by atoms with Crippen LogP contribution in [-0.4, -0.2) is 21.9 Å². The van der Waals surface area contributed by atoms with Gasteiger partial charge in [0.15, 0.2) is 0 Å². The number of benzene rings is 1. The highest BCUT2D eigenvalue weighted by molar-refractivity contribution is 5.91. The van der Waals surface area contributed by atoms with Crippen molar-refractivity contribution in [3.63, 3.8) is 0 Å². The average Bonchev–Trinajstić information content (AvgIpc) is 2.30. The van der Waals surface area contributed by atoms with Crippen LogP contribution < -0.4 is 5.32 Å². The number of anilines is 1. The van der Waals surface area contributed by atoms with Crippen molar-refractivity contribution in [1.29, 1.82) is 0 Å². The van der Waals surface area contributed by atoms with Gasteiger partial charge in [0, 0.05) is 25.0 Å². The Hall–Kier alpha value is -2.58. The number of halogens is 2. The maximum absolute atomic E-state index is 13.4. The normalized spacial score (nSPS) is 11.8. The van der Waals surface area contributed by atoms with Crippen molar-refractivity contribution in [2.24, 2.45) is 5.92 Å². The van der Waals surface area contributed by atoms with Crippen LogP contribution >= 0.6 is 0 Å². The second-order valence-electron chi connectivity index (χ2n) is 4.50. The molecule has 1 aromatic rings. The summed E-state index contributed by atoms with van der Waals surface area (Å²) in [6.07, 6.45) is -0.462. The quantitative estimate of drug-likeness (QED) is 0.619. The summed E-state index contributed by atoms with van der Waals surface area (Å²) in [5.74, 6) is -4.81. The van der Waals surface area contributed by atoms with Crippen LogP contribution in [0.5, 0.6) is 0 Å². The Bertz CT molecular complexity index is 591. The molecule has 7 nitrogen and oxygen atoms in total. The van der Waals surface area contributed by atoms with Crippen LogP contribution in [0, 0.1) is 27.7 Å². The van der Waals surface area contributed by atoms with E-state index in [4.69, 9.17) is 5.11 Å². The Morgan fingerprint density at radius 2 is 1.95 bits per heavy atom. The maximum Gasteiger partial charge on any atom is 0.307 e. The molecule has 0 spiro atoms. The molecule has 2 N–H and O–H groups in total. The van der Waals surface area contributed by atoms with Crippen molar-refractivity contribution in [1.82, 2.24) is 0 Å². The fraction of sp³-hybridized carbons (Fsp3) is 0.333. The average molecular weight is 302 g/mol. The molecular weight excluding hydrogens is 290 g/mol. The van der Waals surface area contributed by atoms with E-state index in [-0.39, 0.29) is 12.8 Å². The highest BCUT2D eigenvalue weighted by Gasteiger charge is 2.20. The third kappa shape index (κ3) is 4.79. The smallest absolute Gasteiger partial charge is 0.307 e. The molecule has 1 atom stereocenters. The summed E-state index contributed by atoms with van der Waals surface area (Å²) in [4.78, 5) is 31.5. The van der Waals surface area contributed by atoms with Gasteiger partial charge in [0.1, 0.15) is 5.82 Å². The summed E-state index contributed by atoms with van der Waals surface area (Å²) >= 11 is 0. The second kappa shape index (κ2) is 6.73. The Morgan fingerprint density at radius 3 is 2.48 bits per heavy atom. The second-order valence-corrected chi connectivity index (χ2v) is 4.50. The van der Waals surface area contributed by atoms with Crippen molar-refractivity contribution in [2.45, 2.75) is 19.8 Å². The van der Waals surface area contributed by atoms with Gasteiger partial charge in [0.25, 0.3) is 0 Å². The summed E-state index contributed by atoms with van der Waals surface area (Å²) in [6, 6.07) is 0.874. The van der Waals surface area contributed by atoms with Crippen LogP contribution in [0.1, 0.15) is 19.8 Å². The third-order valence-electron chi connectivity index (χ3n) is 2.56. The molecule has 0 radical (unpaired) electrons. The van der Waals surface area contributed by atoms with E-state index >= 15 is 0 Å². The van der Waals surface area contributed by atoms with E-state index in [1.807, 2.05) is 0 Å². The molecule has 0 saturated carbocycles. The molecule has 0 aliphatic heterocycles. The van der Waals surface area contributed by atoms with Gasteiger partial charge in [0.2, 0.25) is 11.7 Å². The number of carboxylic acids is 1. The zero-order valence-electron chi connectivity index (χ0n) is 10.9. The number of carbonyl (C=O) groups excluding carboxylic acids is 1. The van der Waals surface area contributed by atoms with Crippen molar-refractivity contribution >= 4 is 23.3 Å². The molecule has 1 unspecified atom stereocenters. The number of nitro groups is 1.